The number of likely N-dealkylation sites (N-methyl/N-ethyl adjacent to an activating group) is 1. The van der Waals surface area contributed by atoms with Crippen molar-refractivity contribution in [3.8, 4) is 0 Å². The number of carboxylic acids is 1. The first-order valence-corrected chi connectivity index (χ1v) is 7.31. The Kier molecular flexibility index (Phi) is 10.2. The molecule has 0 unspecified atom stereocenters. The fourth-order valence-corrected chi connectivity index (χ4v) is 1.81. The second-order valence-corrected chi connectivity index (χ2v) is 5.15. The zero-order valence-corrected chi connectivity index (χ0v) is 13.9. The van der Waals surface area contributed by atoms with Crippen molar-refractivity contribution < 1.29 is 20.1 Å². The van der Waals surface area contributed by atoms with Gasteiger partial charge in [-0.3, -0.25) is 0 Å². The van der Waals surface area contributed by atoms with Crippen LogP contribution in [0.2, 0.25) is 0 Å². The molecule has 0 atom stereocenters. The van der Waals surface area contributed by atoms with Gasteiger partial charge in [0.1, 0.15) is 0 Å². The van der Waals surface area contributed by atoms with Crippen LogP contribution >= 0.6 is 0 Å². The van der Waals surface area contributed by atoms with Gasteiger partial charge in [-0.05, 0) is 37.2 Å². The van der Waals surface area contributed by atoms with E-state index in [2.05, 4.69) is 0 Å². The third-order valence-electron chi connectivity index (χ3n) is 3.18. The largest absolute Gasteiger partial charge is 0.478 e. The predicted molar refractivity (Wildman–Crippen MR) is 88.8 cm³/mol. The van der Waals surface area contributed by atoms with E-state index >= 15 is 0 Å². The Labute approximate surface area is 132 Å². The zero-order valence-electron chi connectivity index (χ0n) is 13.9. The summed E-state index contributed by atoms with van der Waals surface area (Å²) >= 11 is 0. The molecule has 0 heterocycles. The number of aromatic carboxylic acids is 1. The number of anilines is 1. The van der Waals surface area contributed by atoms with Gasteiger partial charge >= 0.3 is 5.97 Å². The molecule has 0 aliphatic heterocycles. The molecule has 1 aromatic rings. The van der Waals surface area contributed by atoms with Crippen molar-refractivity contribution in [3.63, 3.8) is 0 Å². The minimum Gasteiger partial charge on any atom is -0.478 e. The molecule has 0 saturated heterocycles. The van der Waals surface area contributed by atoms with E-state index in [1.54, 1.807) is 6.07 Å². The van der Waals surface area contributed by atoms with Crippen molar-refractivity contribution in [2.45, 2.75) is 13.3 Å². The van der Waals surface area contributed by atoms with Crippen LogP contribution in [0.3, 0.4) is 0 Å². The van der Waals surface area contributed by atoms with Crippen molar-refractivity contribution in [2.24, 2.45) is 0 Å². The maximum Gasteiger partial charge on any atom is 0.335 e. The lowest BCUT2D eigenvalue weighted by Crippen LogP contribution is -2.25. The third kappa shape index (κ3) is 7.40. The number of carboxylic acid groups (broad SMARTS) is 1. The molecule has 22 heavy (non-hydrogen) atoms. The summed E-state index contributed by atoms with van der Waals surface area (Å²) in [6.07, 6.45) is 0.739. The summed E-state index contributed by atoms with van der Waals surface area (Å²) in [5.41, 5.74) is 2.31. The Hall–Kier alpha value is -1.63. The van der Waals surface area contributed by atoms with E-state index in [4.69, 9.17) is 15.3 Å². The number of hydrogen-bond acceptors (Lipinski definition) is 5. The average Bonchev–Trinajstić information content (AvgIpc) is 2.47. The fraction of sp³-hybridized carbons (Fsp3) is 0.562. The van der Waals surface area contributed by atoms with E-state index in [0.717, 1.165) is 17.7 Å². The average molecular weight is 312 g/mol. The van der Waals surface area contributed by atoms with Crippen LogP contribution in [-0.2, 0) is 6.42 Å². The van der Waals surface area contributed by atoms with Crippen molar-refractivity contribution >= 4 is 11.7 Å². The Balaban J connectivity index is 0.000000472. The van der Waals surface area contributed by atoms with Crippen molar-refractivity contribution in [3.05, 3.63) is 29.3 Å². The number of benzene rings is 1. The predicted octanol–water partition coefficient (Wildman–Crippen LogP) is 0.916. The second kappa shape index (κ2) is 11.0. The lowest BCUT2D eigenvalue weighted by Gasteiger charge is -2.14. The molecule has 0 fully saturated rings. The first-order valence-electron chi connectivity index (χ1n) is 7.31. The van der Waals surface area contributed by atoms with E-state index in [9.17, 15) is 4.79 Å². The SMILES string of the molecule is CCc1cc(N(C)C)ccc1C(=O)O.CN(CCO)CCO. The molecule has 1 aromatic carbocycles. The minimum absolute atomic E-state index is 0.163. The summed E-state index contributed by atoms with van der Waals surface area (Å²) in [4.78, 5) is 14.7. The Bertz CT molecular complexity index is 444. The minimum atomic E-state index is -0.854. The van der Waals surface area contributed by atoms with Crippen molar-refractivity contribution in [1.82, 2.24) is 4.90 Å². The van der Waals surface area contributed by atoms with Gasteiger partial charge in [0.25, 0.3) is 0 Å². The van der Waals surface area contributed by atoms with Crippen LogP contribution in [-0.4, -0.2) is 73.6 Å². The standard InChI is InChI=1S/C11H15NO2.C5H13NO2/c1-4-8-7-9(12(2)3)5-6-10(8)11(13)14;1-6(2-4-7)3-5-8/h5-7H,4H2,1-3H3,(H,13,14);7-8H,2-5H2,1H3. The number of hydrogen-bond donors (Lipinski definition) is 3. The van der Waals surface area contributed by atoms with E-state index in [-0.39, 0.29) is 13.2 Å². The highest BCUT2D eigenvalue weighted by atomic mass is 16.4. The van der Waals surface area contributed by atoms with Crippen LogP contribution in [0, 0.1) is 0 Å². The summed E-state index contributed by atoms with van der Waals surface area (Å²) in [5, 5.41) is 25.6. The lowest BCUT2D eigenvalue weighted by molar-refractivity contribution is 0.0695. The second-order valence-electron chi connectivity index (χ2n) is 5.15. The molecular formula is C16H28N2O4. The van der Waals surface area contributed by atoms with E-state index < -0.39 is 5.97 Å². The number of aryl methyl sites for hydroxylation is 1. The van der Waals surface area contributed by atoms with Gasteiger partial charge in [0, 0.05) is 32.9 Å². The van der Waals surface area contributed by atoms with E-state index in [0.29, 0.717) is 18.7 Å². The maximum absolute atomic E-state index is 10.8. The van der Waals surface area contributed by atoms with Gasteiger partial charge in [-0.15, -0.1) is 0 Å². The van der Waals surface area contributed by atoms with Gasteiger partial charge in [-0.1, -0.05) is 6.92 Å². The van der Waals surface area contributed by atoms with Crippen LogP contribution in [0.25, 0.3) is 0 Å². The molecular weight excluding hydrogens is 284 g/mol. The molecule has 0 spiro atoms. The van der Waals surface area contributed by atoms with Crippen LogP contribution in [0.1, 0.15) is 22.8 Å². The quantitative estimate of drug-likeness (QED) is 0.694. The number of nitrogens with zero attached hydrogens (tertiary/aromatic N) is 2. The summed E-state index contributed by atoms with van der Waals surface area (Å²) in [6.45, 7) is 3.56. The Morgan fingerprint density at radius 3 is 2.00 bits per heavy atom. The van der Waals surface area contributed by atoms with Crippen LogP contribution in [0.15, 0.2) is 18.2 Å². The molecule has 6 nitrogen and oxygen atoms in total. The monoisotopic (exact) mass is 312 g/mol. The molecule has 0 aromatic heterocycles. The van der Waals surface area contributed by atoms with Gasteiger partial charge in [0.05, 0.1) is 18.8 Å². The molecule has 0 aliphatic carbocycles. The van der Waals surface area contributed by atoms with Crippen LogP contribution in [0.5, 0.6) is 0 Å². The molecule has 3 N–H and O–H groups in total. The first-order chi connectivity index (χ1) is 10.4. The van der Waals surface area contributed by atoms with Crippen molar-refractivity contribution in [2.75, 3.05) is 52.3 Å². The maximum atomic E-state index is 10.8. The summed E-state index contributed by atoms with van der Waals surface area (Å²) in [6, 6.07) is 5.41. The molecule has 0 radical (unpaired) electrons. The van der Waals surface area contributed by atoms with Gasteiger partial charge in [0.2, 0.25) is 0 Å². The summed E-state index contributed by atoms with van der Waals surface area (Å²) < 4.78 is 0. The molecule has 6 heteroatoms. The van der Waals surface area contributed by atoms with Gasteiger partial charge in [-0.2, -0.15) is 0 Å². The van der Waals surface area contributed by atoms with Gasteiger partial charge < -0.3 is 25.1 Å². The highest BCUT2D eigenvalue weighted by molar-refractivity contribution is 5.90. The smallest absolute Gasteiger partial charge is 0.335 e. The Morgan fingerprint density at radius 2 is 1.64 bits per heavy atom. The topological polar surface area (TPSA) is 84.2 Å². The summed E-state index contributed by atoms with van der Waals surface area (Å²) in [7, 11) is 5.73. The molecule has 0 bridgehead atoms. The van der Waals surface area contributed by atoms with Gasteiger partial charge in [-0.25, -0.2) is 4.79 Å². The van der Waals surface area contributed by atoms with Crippen molar-refractivity contribution in [1.29, 1.82) is 0 Å². The van der Waals surface area contributed by atoms with Crippen LogP contribution < -0.4 is 4.90 Å². The zero-order chi connectivity index (χ0) is 17.1. The highest BCUT2D eigenvalue weighted by Gasteiger charge is 2.09. The fourth-order valence-electron chi connectivity index (χ4n) is 1.81. The molecule has 126 valence electrons. The third-order valence-corrected chi connectivity index (χ3v) is 3.18. The Morgan fingerprint density at radius 1 is 1.09 bits per heavy atom. The lowest BCUT2D eigenvalue weighted by atomic mass is 10.0. The normalized spacial score (nSPS) is 10.1. The molecule has 0 saturated carbocycles. The molecule has 0 amide bonds. The first kappa shape index (κ1) is 20.4. The van der Waals surface area contributed by atoms with E-state index in [1.807, 2.05) is 50.0 Å². The summed E-state index contributed by atoms with van der Waals surface area (Å²) in [5.74, 6) is -0.854. The highest BCUT2D eigenvalue weighted by Crippen LogP contribution is 2.18. The van der Waals surface area contributed by atoms with Gasteiger partial charge in [0.15, 0.2) is 0 Å². The molecule has 1 rings (SSSR count). The number of carbonyl (C=O) groups is 1. The number of rotatable bonds is 7. The number of aliphatic hydroxyl groups excluding tert-OH is 2. The van der Waals surface area contributed by atoms with Crippen LogP contribution in [0.4, 0.5) is 5.69 Å². The molecule has 0 aliphatic rings. The van der Waals surface area contributed by atoms with E-state index in [1.165, 1.54) is 0 Å². The number of aliphatic hydroxyl groups is 2.